The normalized spacial score (nSPS) is 18.5. The van der Waals surface area contributed by atoms with Crippen LogP contribution < -0.4 is 15.0 Å². The number of hydrogen-bond acceptors (Lipinski definition) is 5. The SMILES string of the molecule is C=CCNC(=O)Cc1ccc2c(c1)CCOC2CCN1CCN(c2ccc(OC)cc2)CC1. The van der Waals surface area contributed by atoms with Crippen molar-refractivity contribution in [1.82, 2.24) is 10.2 Å². The Morgan fingerprint density at radius 2 is 1.97 bits per heavy atom. The molecule has 2 heterocycles. The number of piperazine rings is 1. The van der Waals surface area contributed by atoms with Crippen molar-refractivity contribution >= 4 is 11.6 Å². The summed E-state index contributed by atoms with van der Waals surface area (Å²) in [4.78, 5) is 17.0. The van der Waals surface area contributed by atoms with Crippen molar-refractivity contribution in [2.24, 2.45) is 0 Å². The lowest BCUT2D eigenvalue weighted by molar-refractivity contribution is -0.120. The molecule has 4 rings (SSSR count). The minimum atomic E-state index is 0.0345. The number of ether oxygens (including phenoxy) is 2. The number of nitrogens with zero attached hydrogens (tertiary/aromatic N) is 2. The Hall–Kier alpha value is -2.83. The molecule has 176 valence electrons. The number of hydrogen-bond donors (Lipinski definition) is 1. The lowest BCUT2D eigenvalue weighted by Gasteiger charge is -2.37. The zero-order valence-corrected chi connectivity index (χ0v) is 19.6. The minimum absolute atomic E-state index is 0.0345. The molecule has 6 heteroatoms. The van der Waals surface area contributed by atoms with Crippen molar-refractivity contribution in [3.8, 4) is 5.75 Å². The predicted octanol–water partition coefficient (Wildman–Crippen LogP) is 3.37. The number of methoxy groups -OCH3 is 1. The molecule has 0 bridgehead atoms. The Bertz CT molecular complexity index is 936. The van der Waals surface area contributed by atoms with Gasteiger partial charge in [0, 0.05) is 45.0 Å². The van der Waals surface area contributed by atoms with Gasteiger partial charge in [0.15, 0.2) is 0 Å². The van der Waals surface area contributed by atoms with E-state index in [0.29, 0.717) is 13.0 Å². The van der Waals surface area contributed by atoms with E-state index in [4.69, 9.17) is 9.47 Å². The Morgan fingerprint density at radius 1 is 1.18 bits per heavy atom. The standard InChI is InChI=1S/C27H35N3O3/c1-3-12-28-27(31)20-21-4-9-25-22(19-21)11-18-33-26(25)10-13-29-14-16-30(17-15-29)23-5-7-24(32-2)8-6-23/h3-9,19,26H,1,10-18,20H2,2H3,(H,28,31). The minimum Gasteiger partial charge on any atom is -0.497 e. The zero-order valence-electron chi connectivity index (χ0n) is 19.6. The van der Waals surface area contributed by atoms with E-state index in [1.54, 1.807) is 13.2 Å². The second-order valence-corrected chi connectivity index (χ2v) is 8.73. The summed E-state index contributed by atoms with van der Waals surface area (Å²) >= 11 is 0. The monoisotopic (exact) mass is 449 g/mol. The van der Waals surface area contributed by atoms with Crippen LogP contribution >= 0.6 is 0 Å². The van der Waals surface area contributed by atoms with Gasteiger partial charge in [-0.25, -0.2) is 0 Å². The molecule has 2 aliphatic heterocycles. The summed E-state index contributed by atoms with van der Waals surface area (Å²) in [6, 6.07) is 14.7. The van der Waals surface area contributed by atoms with Gasteiger partial charge in [0.05, 0.1) is 26.2 Å². The van der Waals surface area contributed by atoms with Gasteiger partial charge < -0.3 is 19.7 Å². The Labute approximate surface area is 197 Å². The molecule has 1 N–H and O–H groups in total. The van der Waals surface area contributed by atoms with Crippen LogP contribution in [-0.2, 0) is 22.4 Å². The van der Waals surface area contributed by atoms with Gasteiger partial charge in [0.2, 0.25) is 5.91 Å². The fraction of sp³-hybridized carbons (Fsp3) is 0.444. The maximum absolute atomic E-state index is 12.0. The molecule has 0 saturated carbocycles. The number of rotatable bonds is 9. The van der Waals surface area contributed by atoms with E-state index in [-0.39, 0.29) is 12.0 Å². The van der Waals surface area contributed by atoms with Gasteiger partial charge in [-0.3, -0.25) is 9.69 Å². The quantitative estimate of drug-likeness (QED) is 0.595. The van der Waals surface area contributed by atoms with Crippen LogP contribution in [0.4, 0.5) is 5.69 Å². The Balaban J connectivity index is 1.27. The van der Waals surface area contributed by atoms with E-state index in [1.165, 1.54) is 16.8 Å². The summed E-state index contributed by atoms with van der Waals surface area (Å²) in [6.45, 7) is 10.1. The topological polar surface area (TPSA) is 54.0 Å². The Kier molecular flexibility index (Phi) is 8.02. The third kappa shape index (κ3) is 6.15. The predicted molar refractivity (Wildman–Crippen MR) is 132 cm³/mol. The first-order chi connectivity index (χ1) is 16.2. The van der Waals surface area contributed by atoms with Crippen molar-refractivity contribution < 1.29 is 14.3 Å². The molecular weight excluding hydrogens is 414 g/mol. The fourth-order valence-electron chi connectivity index (χ4n) is 4.70. The van der Waals surface area contributed by atoms with Gasteiger partial charge in [0.25, 0.3) is 0 Å². The zero-order chi connectivity index (χ0) is 23.0. The lowest BCUT2D eigenvalue weighted by Crippen LogP contribution is -2.46. The van der Waals surface area contributed by atoms with Crippen LogP contribution in [0.15, 0.2) is 55.1 Å². The summed E-state index contributed by atoms with van der Waals surface area (Å²) in [5.41, 5.74) is 4.93. The number of carbonyl (C=O) groups excluding carboxylic acids is 1. The molecule has 0 spiro atoms. The van der Waals surface area contributed by atoms with E-state index in [9.17, 15) is 4.79 Å². The van der Waals surface area contributed by atoms with Crippen molar-refractivity contribution in [3.05, 3.63) is 71.8 Å². The van der Waals surface area contributed by atoms with E-state index in [2.05, 4.69) is 52.0 Å². The molecule has 2 aromatic carbocycles. The van der Waals surface area contributed by atoms with E-state index in [0.717, 1.165) is 63.5 Å². The van der Waals surface area contributed by atoms with Gasteiger partial charge in [-0.15, -0.1) is 6.58 Å². The molecule has 2 aliphatic rings. The van der Waals surface area contributed by atoms with Crippen molar-refractivity contribution in [2.75, 3.05) is 57.9 Å². The lowest BCUT2D eigenvalue weighted by atomic mass is 9.93. The summed E-state index contributed by atoms with van der Waals surface area (Å²) in [7, 11) is 1.70. The summed E-state index contributed by atoms with van der Waals surface area (Å²) in [5.74, 6) is 0.931. The maximum Gasteiger partial charge on any atom is 0.224 e. The van der Waals surface area contributed by atoms with Gasteiger partial charge in [-0.05, 0) is 53.8 Å². The Morgan fingerprint density at radius 3 is 2.70 bits per heavy atom. The second-order valence-electron chi connectivity index (χ2n) is 8.73. The molecule has 0 aliphatic carbocycles. The number of nitrogens with one attached hydrogen (secondary N) is 1. The van der Waals surface area contributed by atoms with E-state index in [1.807, 2.05) is 12.1 Å². The van der Waals surface area contributed by atoms with Gasteiger partial charge in [-0.1, -0.05) is 24.3 Å². The first-order valence-electron chi connectivity index (χ1n) is 11.9. The van der Waals surface area contributed by atoms with E-state index < -0.39 is 0 Å². The highest BCUT2D eigenvalue weighted by molar-refractivity contribution is 5.78. The summed E-state index contributed by atoms with van der Waals surface area (Å²) in [6.07, 6.45) is 4.15. The van der Waals surface area contributed by atoms with Gasteiger partial charge in [-0.2, -0.15) is 0 Å². The van der Waals surface area contributed by atoms with Crippen LogP contribution in [0.1, 0.15) is 29.2 Å². The molecule has 1 amide bonds. The molecule has 1 unspecified atom stereocenters. The van der Waals surface area contributed by atoms with Crippen molar-refractivity contribution in [2.45, 2.75) is 25.4 Å². The molecule has 33 heavy (non-hydrogen) atoms. The number of benzene rings is 2. The number of anilines is 1. The molecule has 0 aromatic heterocycles. The molecule has 1 saturated heterocycles. The van der Waals surface area contributed by atoms with Crippen LogP contribution in [0.25, 0.3) is 0 Å². The third-order valence-electron chi connectivity index (χ3n) is 6.57. The third-order valence-corrected chi connectivity index (χ3v) is 6.57. The molecule has 1 atom stereocenters. The van der Waals surface area contributed by atoms with Gasteiger partial charge >= 0.3 is 0 Å². The smallest absolute Gasteiger partial charge is 0.224 e. The fourth-order valence-corrected chi connectivity index (χ4v) is 4.70. The van der Waals surface area contributed by atoms with Crippen LogP contribution in [0.3, 0.4) is 0 Å². The molecule has 0 radical (unpaired) electrons. The molecule has 6 nitrogen and oxygen atoms in total. The molecule has 2 aromatic rings. The first kappa shape index (κ1) is 23.3. The summed E-state index contributed by atoms with van der Waals surface area (Å²) in [5, 5.41) is 2.85. The highest BCUT2D eigenvalue weighted by Gasteiger charge is 2.24. The average molecular weight is 450 g/mol. The van der Waals surface area contributed by atoms with Crippen LogP contribution in [0.5, 0.6) is 5.75 Å². The van der Waals surface area contributed by atoms with E-state index >= 15 is 0 Å². The van der Waals surface area contributed by atoms with Gasteiger partial charge in [0.1, 0.15) is 5.75 Å². The van der Waals surface area contributed by atoms with Crippen molar-refractivity contribution in [3.63, 3.8) is 0 Å². The molecule has 1 fully saturated rings. The first-order valence-corrected chi connectivity index (χ1v) is 11.9. The number of carbonyl (C=O) groups is 1. The average Bonchev–Trinajstić information content (AvgIpc) is 2.86. The highest BCUT2D eigenvalue weighted by atomic mass is 16.5. The van der Waals surface area contributed by atoms with Crippen molar-refractivity contribution in [1.29, 1.82) is 0 Å². The summed E-state index contributed by atoms with van der Waals surface area (Å²) < 4.78 is 11.4. The maximum atomic E-state index is 12.0. The van der Waals surface area contributed by atoms with Crippen LogP contribution in [0.2, 0.25) is 0 Å². The number of amides is 1. The second kappa shape index (κ2) is 11.3. The van der Waals surface area contributed by atoms with Crippen LogP contribution in [0, 0.1) is 0 Å². The van der Waals surface area contributed by atoms with Crippen LogP contribution in [-0.4, -0.2) is 63.8 Å². The highest BCUT2D eigenvalue weighted by Crippen LogP contribution is 2.31. The largest absolute Gasteiger partial charge is 0.497 e. The molecular formula is C27H35N3O3. The number of fused-ring (bicyclic) bond motifs is 1.